The molecule has 4 atom stereocenters. The lowest BCUT2D eigenvalue weighted by molar-refractivity contribution is -0.138. The molecule has 0 spiro atoms. The molecule has 1 aromatic rings. The van der Waals surface area contributed by atoms with Crippen molar-refractivity contribution in [3.63, 3.8) is 0 Å². The average Bonchev–Trinajstić information content (AvgIpc) is 3.33. The third-order valence-electron chi connectivity index (χ3n) is 6.33. The second kappa shape index (κ2) is 9.91. The molecule has 1 unspecified atom stereocenters. The van der Waals surface area contributed by atoms with Crippen LogP contribution in [0.5, 0.6) is 0 Å². The van der Waals surface area contributed by atoms with Gasteiger partial charge in [0.1, 0.15) is 12.1 Å². The highest BCUT2D eigenvalue weighted by Gasteiger charge is 2.52. The molecule has 2 aliphatic rings. The molecule has 2 aliphatic heterocycles. The second-order valence-electron chi connectivity index (χ2n) is 9.65. The van der Waals surface area contributed by atoms with E-state index in [0.717, 1.165) is 5.69 Å². The minimum atomic E-state index is -0.754. The van der Waals surface area contributed by atoms with Crippen molar-refractivity contribution in [3.8, 4) is 0 Å². The SMILES string of the molecule is CC(C)C[C@H](NC(=O)c1ccc(N(C)C)cc1)C(=O)N1CCC2[C@H]1C(=O)CN2C(=O)[C@H](C)N. The average molecular weight is 458 g/mol. The normalized spacial score (nSPS) is 21.7. The summed E-state index contributed by atoms with van der Waals surface area (Å²) in [6.07, 6.45) is 0.972. The number of benzene rings is 1. The standard InChI is InChI=1S/C24H35N5O4/c1-14(2)12-18(26-22(31)16-6-8-17(9-7-16)27(4)5)24(33)28-11-10-19-21(28)20(30)13-29(19)23(32)15(3)25/h6-9,14-15,18-19,21H,10-13,25H2,1-5H3,(H,26,31)/t15-,18-,19?,21-/m0/s1. The van der Waals surface area contributed by atoms with Gasteiger partial charge in [-0.05, 0) is 49.9 Å². The Morgan fingerprint density at radius 3 is 2.27 bits per heavy atom. The quantitative estimate of drug-likeness (QED) is 0.620. The maximum atomic E-state index is 13.5. The lowest BCUT2D eigenvalue weighted by Crippen LogP contribution is -2.53. The first kappa shape index (κ1) is 24.7. The first-order valence-electron chi connectivity index (χ1n) is 11.5. The first-order valence-corrected chi connectivity index (χ1v) is 11.5. The van der Waals surface area contributed by atoms with Crippen molar-refractivity contribution in [1.29, 1.82) is 0 Å². The van der Waals surface area contributed by atoms with Crippen LogP contribution in [0.25, 0.3) is 0 Å². The molecule has 3 rings (SSSR count). The van der Waals surface area contributed by atoms with E-state index in [2.05, 4.69) is 5.32 Å². The van der Waals surface area contributed by atoms with Crippen LogP contribution < -0.4 is 16.0 Å². The Kier molecular flexibility index (Phi) is 7.41. The van der Waals surface area contributed by atoms with Gasteiger partial charge in [0.2, 0.25) is 11.8 Å². The molecule has 3 N–H and O–H groups in total. The number of likely N-dealkylation sites (tertiary alicyclic amines) is 2. The summed E-state index contributed by atoms with van der Waals surface area (Å²) < 4.78 is 0. The summed E-state index contributed by atoms with van der Waals surface area (Å²) in [5.41, 5.74) is 7.18. The molecule has 0 aliphatic carbocycles. The van der Waals surface area contributed by atoms with Gasteiger partial charge in [-0.2, -0.15) is 0 Å². The Bertz CT molecular complexity index is 912. The highest BCUT2D eigenvalue weighted by molar-refractivity contribution is 6.01. The van der Waals surface area contributed by atoms with Crippen molar-refractivity contribution in [2.45, 2.75) is 57.8 Å². The van der Waals surface area contributed by atoms with Gasteiger partial charge in [-0.25, -0.2) is 0 Å². The lowest BCUT2D eigenvalue weighted by Gasteiger charge is -2.29. The fourth-order valence-corrected chi connectivity index (χ4v) is 4.67. The topological polar surface area (TPSA) is 116 Å². The van der Waals surface area contributed by atoms with Crippen LogP contribution in [0.2, 0.25) is 0 Å². The predicted molar refractivity (Wildman–Crippen MR) is 126 cm³/mol. The molecule has 2 fully saturated rings. The molecule has 3 amide bonds. The summed E-state index contributed by atoms with van der Waals surface area (Å²) in [7, 11) is 3.84. The van der Waals surface area contributed by atoms with E-state index in [9.17, 15) is 19.2 Å². The number of hydrogen-bond donors (Lipinski definition) is 2. The van der Waals surface area contributed by atoms with E-state index in [-0.39, 0.29) is 42.0 Å². The number of rotatable bonds is 7. The fraction of sp³-hybridized carbons (Fsp3) is 0.583. The molecule has 0 radical (unpaired) electrons. The smallest absolute Gasteiger partial charge is 0.251 e. The number of hydrogen-bond acceptors (Lipinski definition) is 6. The Labute approximate surface area is 195 Å². The minimum absolute atomic E-state index is 0.0289. The van der Waals surface area contributed by atoms with Gasteiger partial charge >= 0.3 is 0 Å². The van der Waals surface area contributed by atoms with E-state index >= 15 is 0 Å². The zero-order valence-electron chi connectivity index (χ0n) is 20.1. The third kappa shape index (κ3) is 5.19. The number of ketones is 1. The second-order valence-corrected chi connectivity index (χ2v) is 9.65. The van der Waals surface area contributed by atoms with Crippen molar-refractivity contribution in [2.75, 3.05) is 32.1 Å². The highest BCUT2D eigenvalue weighted by atomic mass is 16.2. The van der Waals surface area contributed by atoms with Gasteiger partial charge in [0.25, 0.3) is 5.91 Å². The number of amides is 3. The number of fused-ring (bicyclic) bond motifs is 1. The summed E-state index contributed by atoms with van der Waals surface area (Å²) in [5.74, 6) is -0.893. The van der Waals surface area contributed by atoms with E-state index < -0.39 is 18.1 Å². The van der Waals surface area contributed by atoms with Crippen LogP contribution in [0.15, 0.2) is 24.3 Å². The van der Waals surface area contributed by atoms with E-state index in [1.54, 1.807) is 24.0 Å². The number of nitrogens with one attached hydrogen (secondary N) is 1. The van der Waals surface area contributed by atoms with Gasteiger partial charge in [-0.15, -0.1) is 0 Å². The Hall–Kier alpha value is -2.94. The number of nitrogens with two attached hydrogens (primary N) is 1. The van der Waals surface area contributed by atoms with Crippen molar-refractivity contribution in [2.24, 2.45) is 11.7 Å². The number of nitrogens with zero attached hydrogens (tertiary/aromatic N) is 3. The van der Waals surface area contributed by atoms with Crippen LogP contribution in [-0.4, -0.2) is 84.7 Å². The molecule has 180 valence electrons. The maximum absolute atomic E-state index is 13.5. The number of Topliss-reactive ketones (excluding diaryl/α,β-unsaturated/α-hetero) is 1. The van der Waals surface area contributed by atoms with Crippen LogP contribution in [0.1, 0.15) is 44.0 Å². The Balaban J connectivity index is 1.76. The molecule has 0 aromatic heterocycles. The van der Waals surface area contributed by atoms with E-state index in [4.69, 9.17) is 5.73 Å². The van der Waals surface area contributed by atoms with Gasteiger partial charge in [-0.1, -0.05) is 13.8 Å². The van der Waals surface area contributed by atoms with Gasteiger partial charge in [0.05, 0.1) is 18.6 Å². The van der Waals surface area contributed by atoms with Gasteiger partial charge in [0.15, 0.2) is 5.78 Å². The van der Waals surface area contributed by atoms with E-state index in [1.165, 1.54) is 4.90 Å². The van der Waals surface area contributed by atoms with E-state index in [1.807, 2.05) is 45.0 Å². The summed E-state index contributed by atoms with van der Waals surface area (Å²) in [6.45, 7) is 5.89. The molecule has 9 nitrogen and oxygen atoms in total. The monoisotopic (exact) mass is 457 g/mol. The largest absolute Gasteiger partial charge is 0.378 e. The highest BCUT2D eigenvalue weighted by Crippen LogP contribution is 2.31. The Morgan fingerprint density at radius 1 is 1.09 bits per heavy atom. The fourth-order valence-electron chi connectivity index (χ4n) is 4.67. The Morgan fingerprint density at radius 2 is 1.73 bits per heavy atom. The summed E-state index contributed by atoms with van der Waals surface area (Å²) in [6, 6.07) is 4.67. The van der Waals surface area contributed by atoms with Crippen molar-refractivity contribution >= 4 is 29.2 Å². The minimum Gasteiger partial charge on any atom is -0.378 e. The van der Waals surface area contributed by atoms with Gasteiger partial charge < -0.3 is 25.8 Å². The lowest BCUT2D eigenvalue weighted by atomic mass is 10.0. The molecule has 2 saturated heterocycles. The van der Waals surface area contributed by atoms with Crippen LogP contribution in [0.3, 0.4) is 0 Å². The van der Waals surface area contributed by atoms with Gasteiger partial charge in [0, 0.05) is 31.9 Å². The maximum Gasteiger partial charge on any atom is 0.251 e. The summed E-state index contributed by atoms with van der Waals surface area (Å²) in [5, 5.41) is 2.88. The van der Waals surface area contributed by atoms with Crippen LogP contribution in [-0.2, 0) is 14.4 Å². The number of anilines is 1. The molecule has 9 heteroatoms. The molecular weight excluding hydrogens is 422 g/mol. The van der Waals surface area contributed by atoms with Crippen LogP contribution in [0.4, 0.5) is 5.69 Å². The summed E-state index contributed by atoms with van der Waals surface area (Å²) in [4.78, 5) is 56.6. The number of carbonyl (C=O) groups excluding carboxylic acids is 4. The van der Waals surface area contributed by atoms with Crippen molar-refractivity contribution in [3.05, 3.63) is 29.8 Å². The van der Waals surface area contributed by atoms with Crippen molar-refractivity contribution in [1.82, 2.24) is 15.1 Å². The molecule has 1 aromatic carbocycles. The zero-order chi connectivity index (χ0) is 24.4. The summed E-state index contributed by atoms with van der Waals surface area (Å²) >= 11 is 0. The first-order chi connectivity index (χ1) is 15.5. The van der Waals surface area contributed by atoms with Crippen LogP contribution >= 0.6 is 0 Å². The molecule has 2 heterocycles. The van der Waals surface area contributed by atoms with E-state index in [0.29, 0.717) is 24.9 Å². The molecule has 33 heavy (non-hydrogen) atoms. The molecular formula is C24H35N5O4. The van der Waals surface area contributed by atoms with Crippen molar-refractivity contribution < 1.29 is 19.2 Å². The van der Waals surface area contributed by atoms with Crippen LogP contribution in [0, 0.1) is 5.92 Å². The third-order valence-corrected chi connectivity index (χ3v) is 6.33. The zero-order valence-corrected chi connectivity index (χ0v) is 20.1. The molecule has 0 saturated carbocycles. The number of carbonyl (C=O) groups is 4. The predicted octanol–water partition coefficient (Wildman–Crippen LogP) is 0.625. The molecule has 0 bridgehead atoms. The van der Waals surface area contributed by atoms with Gasteiger partial charge in [-0.3, -0.25) is 19.2 Å².